The molecule has 1 aromatic rings. The molecule has 0 amide bonds. The smallest absolute Gasteiger partial charge is 0.182 e. The zero-order valence-electron chi connectivity index (χ0n) is 8.77. The van der Waals surface area contributed by atoms with Crippen molar-refractivity contribution in [3.05, 3.63) is 40.8 Å². The average Bonchev–Trinajstić information content (AvgIpc) is 2.20. The molecular weight excluding hydrogens is 206 g/mol. The number of amidine groups is 1. The van der Waals surface area contributed by atoms with Crippen molar-refractivity contribution in [2.24, 2.45) is 10.8 Å². The van der Waals surface area contributed by atoms with Crippen molar-refractivity contribution in [3.63, 3.8) is 0 Å². The van der Waals surface area contributed by atoms with Crippen molar-refractivity contribution >= 4 is 22.6 Å². The van der Waals surface area contributed by atoms with Crippen LogP contribution in [0.25, 0.3) is 5.70 Å². The summed E-state index contributed by atoms with van der Waals surface area (Å²) in [6, 6.07) is 8.37. The molecule has 0 aromatic heterocycles. The third-order valence-corrected chi connectivity index (χ3v) is 2.90. The zero-order valence-corrected chi connectivity index (χ0v) is 9.58. The molecule has 1 aromatic carbocycles. The van der Waals surface area contributed by atoms with Gasteiger partial charge in [0.25, 0.3) is 0 Å². The first-order chi connectivity index (χ1) is 7.16. The predicted octanol–water partition coefficient (Wildman–Crippen LogP) is 2.20. The van der Waals surface area contributed by atoms with Gasteiger partial charge in [0.15, 0.2) is 5.17 Å². The molecule has 2 N–H and O–H groups in total. The number of hydrazone groups is 1. The fraction of sp³-hybridized carbons (Fsp3) is 0.182. The molecule has 78 valence electrons. The number of rotatable bonds is 1. The number of aryl methyl sites for hydroxylation is 1. The molecule has 0 saturated heterocycles. The molecule has 0 spiro atoms. The molecule has 3 nitrogen and oxygen atoms in total. The summed E-state index contributed by atoms with van der Waals surface area (Å²) in [4.78, 5) is 0. The van der Waals surface area contributed by atoms with Crippen LogP contribution in [0, 0.1) is 6.92 Å². The molecule has 0 unspecified atom stereocenters. The van der Waals surface area contributed by atoms with Crippen LogP contribution in [0.5, 0.6) is 0 Å². The Bertz CT molecular complexity index is 420. The highest BCUT2D eigenvalue weighted by Gasteiger charge is 2.11. The van der Waals surface area contributed by atoms with Crippen LogP contribution >= 0.6 is 11.8 Å². The lowest BCUT2D eigenvalue weighted by molar-refractivity contribution is 0.517. The number of nitrogens with zero attached hydrogens (tertiary/aromatic N) is 2. The Morgan fingerprint density at radius 2 is 1.93 bits per heavy atom. The van der Waals surface area contributed by atoms with Crippen LogP contribution in [0.3, 0.4) is 0 Å². The van der Waals surface area contributed by atoms with Crippen molar-refractivity contribution in [1.82, 2.24) is 5.01 Å². The van der Waals surface area contributed by atoms with E-state index >= 15 is 0 Å². The summed E-state index contributed by atoms with van der Waals surface area (Å²) < 4.78 is 0. The van der Waals surface area contributed by atoms with E-state index < -0.39 is 0 Å². The van der Waals surface area contributed by atoms with Crippen molar-refractivity contribution in [1.29, 1.82) is 0 Å². The summed E-state index contributed by atoms with van der Waals surface area (Å²) >= 11 is 1.45. The first-order valence-corrected chi connectivity index (χ1v) is 5.56. The largest absolute Gasteiger partial charge is 0.377 e. The van der Waals surface area contributed by atoms with Gasteiger partial charge in [-0.1, -0.05) is 41.6 Å². The number of hydrogen-bond acceptors (Lipinski definition) is 4. The molecule has 0 bridgehead atoms. The van der Waals surface area contributed by atoms with Crippen LogP contribution in [0.1, 0.15) is 11.1 Å². The molecule has 4 heteroatoms. The third-order valence-electron chi connectivity index (χ3n) is 2.24. The van der Waals surface area contributed by atoms with E-state index in [1.807, 2.05) is 12.5 Å². The first-order valence-electron chi connectivity index (χ1n) is 4.68. The van der Waals surface area contributed by atoms with E-state index in [4.69, 9.17) is 5.73 Å². The highest BCUT2D eigenvalue weighted by Crippen LogP contribution is 2.26. The molecule has 0 radical (unpaired) electrons. The first kappa shape index (κ1) is 10.1. The monoisotopic (exact) mass is 219 g/mol. The maximum atomic E-state index is 5.62. The van der Waals surface area contributed by atoms with Crippen LogP contribution < -0.4 is 5.73 Å². The number of hydrogen-bond donors (Lipinski definition) is 1. The zero-order chi connectivity index (χ0) is 10.8. The van der Waals surface area contributed by atoms with Crippen molar-refractivity contribution in [3.8, 4) is 0 Å². The van der Waals surface area contributed by atoms with E-state index in [2.05, 4.69) is 36.3 Å². The van der Waals surface area contributed by atoms with E-state index in [9.17, 15) is 0 Å². The molecule has 0 saturated carbocycles. The fourth-order valence-electron chi connectivity index (χ4n) is 1.40. The van der Waals surface area contributed by atoms with Gasteiger partial charge in [0, 0.05) is 18.0 Å². The highest BCUT2D eigenvalue weighted by molar-refractivity contribution is 8.16. The van der Waals surface area contributed by atoms with Gasteiger partial charge in [-0.05, 0) is 6.92 Å². The van der Waals surface area contributed by atoms with E-state index in [0.29, 0.717) is 5.17 Å². The predicted molar refractivity (Wildman–Crippen MR) is 66.1 cm³/mol. The summed E-state index contributed by atoms with van der Waals surface area (Å²) in [5.41, 5.74) is 9.11. The number of thioether (sulfide) groups is 1. The molecule has 0 atom stereocenters. The summed E-state index contributed by atoms with van der Waals surface area (Å²) in [5.74, 6) is 0. The fourth-order valence-corrected chi connectivity index (χ4v) is 2.09. The van der Waals surface area contributed by atoms with E-state index in [0.717, 1.165) is 11.3 Å². The van der Waals surface area contributed by atoms with Crippen LogP contribution in [0.2, 0.25) is 0 Å². The normalized spacial score (nSPS) is 16.0. The van der Waals surface area contributed by atoms with Crippen LogP contribution in [-0.2, 0) is 0 Å². The van der Waals surface area contributed by atoms with E-state index in [-0.39, 0.29) is 0 Å². The number of nitrogens with two attached hydrogens (primary N) is 1. The summed E-state index contributed by atoms with van der Waals surface area (Å²) in [7, 11) is 1.90. The number of benzene rings is 1. The SMILES string of the molecule is Cc1ccc(C2=CSC(N)=NN2C)cc1. The van der Waals surface area contributed by atoms with Gasteiger partial charge in [-0.25, -0.2) is 0 Å². The Kier molecular flexibility index (Phi) is 2.68. The second-order valence-corrected chi connectivity index (χ2v) is 4.34. The quantitative estimate of drug-likeness (QED) is 0.787. The molecule has 0 fully saturated rings. The molecule has 0 aliphatic carbocycles. The maximum absolute atomic E-state index is 5.62. The second kappa shape index (κ2) is 3.98. The van der Waals surface area contributed by atoms with Gasteiger partial charge in [0.05, 0.1) is 5.70 Å². The molecule has 2 rings (SSSR count). The lowest BCUT2D eigenvalue weighted by Crippen LogP contribution is -2.19. The van der Waals surface area contributed by atoms with Crippen molar-refractivity contribution in [2.75, 3.05) is 7.05 Å². The molecule has 1 aliphatic rings. The van der Waals surface area contributed by atoms with Crippen LogP contribution in [0.4, 0.5) is 0 Å². The summed E-state index contributed by atoms with van der Waals surface area (Å²) in [6.07, 6.45) is 0. The van der Waals surface area contributed by atoms with Crippen molar-refractivity contribution in [2.45, 2.75) is 6.92 Å². The van der Waals surface area contributed by atoms with Crippen LogP contribution in [-0.4, -0.2) is 17.2 Å². The minimum Gasteiger partial charge on any atom is -0.377 e. The van der Waals surface area contributed by atoms with Gasteiger partial charge < -0.3 is 5.73 Å². The Balaban J connectivity index is 2.29. The maximum Gasteiger partial charge on any atom is 0.182 e. The van der Waals surface area contributed by atoms with Crippen LogP contribution in [0.15, 0.2) is 34.8 Å². The van der Waals surface area contributed by atoms with Gasteiger partial charge in [-0.2, -0.15) is 0 Å². The Hall–Kier alpha value is -1.42. The molecule has 1 aliphatic heterocycles. The Labute approximate surface area is 93.6 Å². The van der Waals surface area contributed by atoms with Gasteiger partial charge in [0.1, 0.15) is 0 Å². The third kappa shape index (κ3) is 2.15. The topological polar surface area (TPSA) is 41.6 Å². The highest BCUT2D eigenvalue weighted by atomic mass is 32.2. The minimum absolute atomic E-state index is 0.577. The lowest BCUT2D eigenvalue weighted by Gasteiger charge is -2.21. The second-order valence-electron chi connectivity index (χ2n) is 3.45. The lowest BCUT2D eigenvalue weighted by atomic mass is 10.1. The molecule has 1 heterocycles. The summed E-state index contributed by atoms with van der Waals surface area (Å²) in [6.45, 7) is 2.08. The molecular formula is C11H13N3S. The van der Waals surface area contributed by atoms with Gasteiger partial charge in [0.2, 0.25) is 0 Å². The molecule has 15 heavy (non-hydrogen) atoms. The van der Waals surface area contributed by atoms with Gasteiger partial charge in [-0.3, -0.25) is 5.01 Å². The van der Waals surface area contributed by atoms with E-state index in [1.165, 1.54) is 17.3 Å². The van der Waals surface area contributed by atoms with Crippen molar-refractivity contribution < 1.29 is 0 Å². The minimum atomic E-state index is 0.577. The summed E-state index contributed by atoms with van der Waals surface area (Å²) in [5, 5.41) is 8.59. The average molecular weight is 219 g/mol. The standard InChI is InChI=1S/C11H13N3S/c1-8-3-5-9(6-4-8)10-7-15-11(12)13-14(10)2/h3-7H,1-2H3,(H2,12,13). The van der Waals surface area contributed by atoms with Gasteiger partial charge in [-0.15, -0.1) is 5.10 Å². The van der Waals surface area contributed by atoms with Gasteiger partial charge >= 0.3 is 0 Å². The van der Waals surface area contributed by atoms with E-state index in [1.54, 1.807) is 5.01 Å². The Morgan fingerprint density at radius 3 is 2.53 bits per heavy atom. The Morgan fingerprint density at radius 1 is 1.27 bits per heavy atom.